The van der Waals surface area contributed by atoms with Crippen LogP contribution in [0.2, 0.25) is 0 Å². The normalized spacial score (nSPS) is 12.1. The molecule has 0 fully saturated rings. The monoisotopic (exact) mass is 265 g/mol. The second kappa shape index (κ2) is 4.82. The lowest BCUT2D eigenvalue weighted by atomic mass is 10.3. The van der Waals surface area contributed by atoms with Gasteiger partial charge in [0.15, 0.2) is 5.69 Å². The van der Waals surface area contributed by atoms with Crippen molar-refractivity contribution in [3.05, 3.63) is 34.8 Å². The summed E-state index contributed by atoms with van der Waals surface area (Å²) in [5.74, 6) is -0.420. The summed E-state index contributed by atoms with van der Waals surface area (Å²) in [6, 6.07) is 3.37. The molecule has 0 saturated carbocycles. The van der Waals surface area contributed by atoms with Gasteiger partial charge < -0.3 is 0 Å². The van der Waals surface area contributed by atoms with Gasteiger partial charge in [0.2, 0.25) is 0 Å². The zero-order chi connectivity index (χ0) is 12.4. The Kier molecular flexibility index (Phi) is 3.41. The first-order chi connectivity index (χ1) is 8.11. The topological polar surface area (TPSA) is 49.6 Å². The third-order valence-electron chi connectivity index (χ3n) is 2.09. The molecule has 0 aliphatic carbocycles. The van der Waals surface area contributed by atoms with Gasteiger partial charge in [0.25, 0.3) is 0 Å². The molecule has 3 nitrogen and oxygen atoms in total. The number of nitrogens with zero attached hydrogens (tertiary/aromatic N) is 3. The van der Waals surface area contributed by atoms with Crippen molar-refractivity contribution in [2.45, 2.75) is 12.2 Å². The van der Waals surface area contributed by atoms with E-state index in [9.17, 15) is 4.39 Å². The number of hydrogen-bond acceptors (Lipinski definition) is 5. The molecule has 0 spiro atoms. The second-order valence-electron chi connectivity index (χ2n) is 3.41. The number of nitriles is 1. The number of thiol groups is 1. The molecular formula is C11H8FN3S2. The van der Waals surface area contributed by atoms with Crippen LogP contribution < -0.4 is 0 Å². The third-order valence-corrected chi connectivity index (χ3v) is 3.81. The Bertz CT molecular complexity index is 587. The molecule has 2 aromatic rings. The minimum atomic E-state index is -0.420. The molecule has 1 atom stereocenters. The van der Waals surface area contributed by atoms with E-state index in [2.05, 4.69) is 22.6 Å². The third kappa shape index (κ3) is 2.46. The quantitative estimate of drug-likeness (QED) is 0.848. The predicted molar refractivity (Wildman–Crippen MR) is 67.4 cm³/mol. The average molecular weight is 265 g/mol. The van der Waals surface area contributed by atoms with Crippen molar-refractivity contribution in [1.29, 1.82) is 5.26 Å². The first-order valence-corrected chi connectivity index (χ1v) is 6.15. The van der Waals surface area contributed by atoms with Crippen molar-refractivity contribution in [2.24, 2.45) is 0 Å². The number of hydrogen-bond donors (Lipinski definition) is 1. The van der Waals surface area contributed by atoms with Crippen molar-refractivity contribution in [3.8, 4) is 16.6 Å². The minimum Gasteiger partial charge on any atom is -0.261 e. The van der Waals surface area contributed by atoms with Crippen molar-refractivity contribution in [2.75, 3.05) is 0 Å². The number of halogens is 1. The molecular weight excluding hydrogens is 257 g/mol. The summed E-state index contributed by atoms with van der Waals surface area (Å²) < 4.78 is 13.0. The Morgan fingerprint density at radius 1 is 1.53 bits per heavy atom. The molecule has 6 heteroatoms. The molecule has 0 aromatic carbocycles. The van der Waals surface area contributed by atoms with E-state index in [1.165, 1.54) is 23.6 Å². The van der Waals surface area contributed by atoms with Crippen molar-refractivity contribution < 1.29 is 4.39 Å². The highest BCUT2D eigenvalue weighted by Gasteiger charge is 2.15. The number of pyridine rings is 1. The van der Waals surface area contributed by atoms with Crippen molar-refractivity contribution >= 4 is 24.0 Å². The van der Waals surface area contributed by atoms with Gasteiger partial charge in [-0.3, -0.25) is 4.98 Å². The predicted octanol–water partition coefficient (Wildman–Crippen LogP) is 3.21. The summed E-state index contributed by atoms with van der Waals surface area (Å²) in [5, 5.41) is 9.47. The van der Waals surface area contributed by atoms with Crippen LogP contribution in [-0.4, -0.2) is 9.97 Å². The maximum Gasteiger partial charge on any atom is 0.156 e. The summed E-state index contributed by atoms with van der Waals surface area (Å²) in [6.45, 7) is 1.87. The fraction of sp³-hybridized carbons (Fsp3) is 0.182. The molecule has 17 heavy (non-hydrogen) atoms. The van der Waals surface area contributed by atoms with Gasteiger partial charge in [0, 0.05) is 17.0 Å². The van der Waals surface area contributed by atoms with Gasteiger partial charge in [-0.05, 0) is 13.0 Å². The standard InChI is InChI=1S/C11H8FN3S2/c1-6(16)10-9(3-13)15-11(17-10)7-2-8(12)5-14-4-7/h2,4-6,16H,1H3. The maximum atomic E-state index is 13.0. The average Bonchev–Trinajstić information content (AvgIpc) is 2.73. The first kappa shape index (κ1) is 12.0. The Morgan fingerprint density at radius 2 is 2.29 bits per heavy atom. The molecule has 0 saturated heterocycles. The lowest BCUT2D eigenvalue weighted by molar-refractivity contribution is 0.622. The van der Waals surface area contributed by atoms with E-state index in [1.807, 2.05) is 13.0 Å². The Hall–Kier alpha value is -1.45. The molecule has 0 bridgehead atoms. The molecule has 2 heterocycles. The van der Waals surface area contributed by atoms with Crippen LogP contribution in [0.5, 0.6) is 0 Å². The summed E-state index contributed by atoms with van der Waals surface area (Å²) >= 11 is 5.62. The van der Waals surface area contributed by atoms with Gasteiger partial charge in [-0.25, -0.2) is 9.37 Å². The number of rotatable bonds is 2. The fourth-order valence-corrected chi connectivity index (χ4v) is 2.56. The molecule has 0 aliphatic heterocycles. The number of thiazole rings is 1. The Labute approximate surface area is 107 Å². The molecule has 0 aliphatic rings. The van der Waals surface area contributed by atoms with Crippen LogP contribution in [0.15, 0.2) is 18.5 Å². The molecule has 2 rings (SSSR count). The smallest absolute Gasteiger partial charge is 0.156 e. The van der Waals surface area contributed by atoms with E-state index >= 15 is 0 Å². The van der Waals surface area contributed by atoms with Crippen LogP contribution in [0.25, 0.3) is 10.6 Å². The van der Waals surface area contributed by atoms with Crippen LogP contribution in [0, 0.1) is 17.1 Å². The highest BCUT2D eigenvalue weighted by molar-refractivity contribution is 7.80. The van der Waals surface area contributed by atoms with Crippen molar-refractivity contribution in [3.63, 3.8) is 0 Å². The SMILES string of the molecule is CC(S)c1sc(-c2cncc(F)c2)nc1C#N. The second-order valence-corrected chi connectivity index (χ2v) is 5.22. The van der Waals surface area contributed by atoms with Crippen LogP contribution >= 0.6 is 24.0 Å². The van der Waals surface area contributed by atoms with Gasteiger partial charge in [0.1, 0.15) is 16.9 Å². The zero-order valence-electron chi connectivity index (χ0n) is 8.88. The maximum absolute atomic E-state index is 13.0. The zero-order valence-corrected chi connectivity index (χ0v) is 10.6. The molecule has 2 aromatic heterocycles. The van der Waals surface area contributed by atoms with Gasteiger partial charge >= 0.3 is 0 Å². The summed E-state index contributed by atoms with van der Waals surface area (Å²) in [4.78, 5) is 8.71. The molecule has 0 N–H and O–H groups in total. The minimum absolute atomic E-state index is 0.0718. The highest BCUT2D eigenvalue weighted by atomic mass is 32.1. The van der Waals surface area contributed by atoms with Gasteiger partial charge in [-0.1, -0.05) is 0 Å². The molecule has 0 radical (unpaired) electrons. The lowest BCUT2D eigenvalue weighted by Gasteiger charge is -1.97. The lowest BCUT2D eigenvalue weighted by Crippen LogP contribution is -1.84. The molecule has 86 valence electrons. The first-order valence-electron chi connectivity index (χ1n) is 4.81. The van der Waals surface area contributed by atoms with Gasteiger partial charge in [-0.15, -0.1) is 11.3 Å². The number of aromatic nitrogens is 2. The highest BCUT2D eigenvalue weighted by Crippen LogP contribution is 2.33. The van der Waals surface area contributed by atoms with E-state index in [-0.39, 0.29) is 5.25 Å². The van der Waals surface area contributed by atoms with E-state index in [0.29, 0.717) is 16.3 Å². The van der Waals surface area contributed by atoms with E-state index in [0.717, 1.165) is 11.1 Å². The molecule has 1 unspecified atom stereocenters. The Balaban J connectivity index is 2.51. The summed E-state index contributed by atoms with van der Waals surface area (Å²) in [7, 11) is 0. The van der Waals surface area contributed by atoms with E-state index in [4.69, 9.17) is 5.26 Å². The Morgan fingerprint density at radius 3 is 2.82 bits per heavy atom. The van der Waals surface area contributed by atoms with Gasteiger partial charge in [-0.2, -0.15) is 17.9 Å². The van der Waals surface area contributed by atoms with E-state index in [1.54, 1.807) is 0 Å². The van der Waals surface area contributed by atoms with Gasteiger partial charge in [0.05, 0.1) is 11.1 Å². The summed E-state index contributed by atoms with van der Waals surface area (Å²) in [5.41, 5.74) is 0.920. The largest absolute Gasteiger partial charge is 0.261 e. The summed E-state index contributed by atoms with van der Waals surface area (Å²) in [6.07, 6.45) is 2.65. The molecule has 0 amide bonds. The van der Waals surface area contributed by atoms with E-state index < -0.39 is 5.82 Å². The van der Waals surface area contributed by atoms with Crippen LogP contribution in [0.3, 0.4) is 0 Å². The van der Waals surface area contributed by atoms with Crippen LogP contribution in [0.1, 0.15) is 22.7 Å². The fourth-order valence-electron chi connectivity index (χ4n) is 1.35. The van der Waals surface area contributed by atoms with Crippen LogP contribution in [-0.2, 0) is 0 Å². The van der Waals surface area contributed by atoms with Crippen LogP contribution in [0.4, 0.5) is 4.39 Å². The van der Waals surface area contributed by atoms with Crippen molar-refractivity contribution in [1.82, 2.24) is 9.97 Å².